The summed E-state index contributed by atoms with van der Waals surface area (Å²) in [6.45, 7) is 4.93. The highest BCUT2D eigenvalue weighted by atomic mass is 32.2. The Morgan fingerprint density at radius 2 is 1.66 bits per heavy atom. The molecule has 11 heteroatoms. The molecule has 0 aliphatic carbocycles. The molecular formula is C21H23NO9S. The third kappa shape index (κ3) is 5.41. The Hall–Kier alpha value is -3.47. The molecule has 2 aromatic rings. The fourth-order valence-electron chi connectivity index (χ4n) is 2.89. The van der Waals surface area contributed by atoms with Crippen LogP contribution in [0.5, 0.6) is 0 Å². The van der Waals surface area contributed by atoms with Gasteiger partial charge in [-0.3, -0.25) is 14.9 Å². The van der Waals surface area contributed by atoms with Gasteiger partial charge in [0.1, 0.15) is 11.3 Å². The quantitative estimate of drug-likeness (QED) is 0.436. The fourth-order valence-corrected chi connectivity index (χ4v) is 3.97. The van der Waals surface area contributed by atoms with Crippen molar-refractivity contribution in [2.75, 3.05) is 24.3 Å². The number of Topliss-reactive ketones (excluding diaryl/α,β-unsaturated/α-hetero) is 1. The van der Waals surface area contributed by atoms with Crippen molar-refractivity contribution in [3.63, 3.8) is 0 Å². The highest BCUT2D eigenvalue weighted by Crippen LogP contribution is 2.28. The zero-order valence-corrected chi connectivity index (χ0v) is 18.8. The lowest BCUT2D eigenvalue weighted by atomic mass is 10.1. The largest absolute Gasteiger partial charge is 0.462 e. The van der Waals surface area contributed by atoms with Gasteiger partial charge in [-0.1, -0.05) is 19.1 Å². The summed E-state index contributed by atoms with van der Waals surface area (Å²) in [5, 5.41) is 2.27. The van der Waals surface area contributed by atoms with Crippen molar-refractivity contribution in [2.24, 2.45) is 0 Å². The van der Waals surface area contributed by atoms with Gasteiger partial charge in [0.05, 0.1) is 28.4 Å². The highest BCUT2D eigenvalue weighted by Gasteiger charge is 2.29. The molecule has 0 spiro atoms. The highest BCUT2D eigenvalue weighted by molar-refractivity contribution is 7.91. The van der Waals surface area contributed by atoms with Gasteiger partial charge in [-0.25, -0.2) is 18.0 Å². The molecule has 0 radical (unpaired) electrons. The first-order valence-electron chi connectivity index (χ1n) is 9.63. The summed E-state index contributed by atoms with van der Waals surface area (Å²) < 4.78 is 39.6. The van der Waals surface area contributed by atoms with E-state index < -0.39 is 40.1 Å². The van der Waals surface area contributed by atoms with E-state index in [2.05, 4.69) is 5.32 Å². The lowest BCUT2D eigenvalue weighted by Gasteiger charge is -2.10. The molecule has 0 aliphatic rings. The molecule has 172 valence electrons. The molecule has 1 amide bonds. The molecule has 0 fully saturated rings. The lowest BCUT2D eigenvalue weighted by Crippen LogP contribution is -2.23. The van der Waals surface area contributed by atoms with Gasteiger partial charge >= 0.3 is 11.9 Å². The smallest absolute Gasteiger partial charge is 0.344 e. The number of ketones is 1. The van der Waals surface area contributed by atoms with Crippen molar-refractivity contribution in [1.82, 2.24) is 0 Å². The first-order valence-corrected chi connectivity index (χ1v) is 11.3. The van der Waals surface area contributed by atoms with Crippen molar-refractivity contribution in [3.8, 4) is 0 Å². The monoisotopic (exact) mass is 465 g/mol. The number of carbonyl (C=O) groups is 4. The van der Waals surface area contributed by atoms with Crippen LogP contribution >= 0.6 is 0 Å². The van der Waals surface area contributed by atoms with E-state index in [1.165, 1.54) is 45.0 Å². The number of hydrogen-bond acceptors (Lipinski definition) is 9. The summed E-state index contributed by atoms with van der Waals surface area (Å²) in [6.07, 6.45) is 0. The van der Waals surface area contributed by atoms with Crippen molar-refractivity contribution in [3.05, 3.63) is 46.7 Å². The molecule has 0 aliphatic heterocycles. The Morgan fingerprint density at radius 1 is 1.00 bits per heavy atom. The third-order valence-electron chi connectivity index (χ3n) is 4.33. The van der Waals surface area contributed by atoms with E-state index in [1.807, 2.05) is 0 Å². The Morgan fingerprint density at radius 3 is 2.25 bits per heavy atom. The molecule has 0 bridgehead atoms. The van der Waals surface area contributed by atoms with Crippen molar-refractivity contribution < 1.29 is 41.5 Å². The summed E-state index contributed by atoms with van der Waals surface area (Å²) in [6, 6.07) is 5.48. The number of esters is 2. The summed E-state index contributed by atoms with van der Waals surface area (Å²) in [5.41, 5.74) is -0.479. The van der Waals surface area contributed by atoms with Gasteiger partial charge in [0.15, 0.2) is 22.2 Å². The van der Waals surface area contributed by atoms with E-state index in [0.29, 0.717) is 0 Å². The number of amides is 1. The average Bonchev–Trinajstić information content (AvgIpc) is 3.08. The number of aryl methyl sites for hydroxylation is 1. The van der Waals surface area contributed by atoms with E-state index >= 15 is 0 Å². The summed E-state index contributed by atoms with van der Waals surface area (Å²) >= 11 is 0. The van der Waals surface area contributed by atoms with E-state index in [0.717, 1.165) is 0 Å². The van der Waals surface area contributed by atoms with E-state index in [4.69, 9.17) is 13.9 Å². The van der Waals surface area contributed by atoms with Gasteiger partial charge in [-0.2, -0.15) is 0 Å². The molecule has 0 unspecified atom stereocenters. The summed E-state index contributed by atoms with van der Waals surface area (Å²) in [4.78, 5) is 48.7. The topological polar surface area (TPSA) is 146 Å². The predicted octanol–water partition coefficient (Wildman–Crippen LogP) is 2.56. The molecule has 1 aromatic carbocycles. The number of furan rings is 1. The second-order valence-electron chi connectivity index (χ2n) is 6.54. The number of benzene rings is 1. The molecule has 1 aromatic heterocycles. The van der Waals surface area contributed by atoms with Gasteiger partial charge in [-0.05, 0) is 32.9 Å². The van der Waals surface area contributed by atoms with Crippen LogP contribution in [0.15, 0.2) is 33.6 Å². The molecule has 1 heterocycles. The Kier molecular flexibility index (Phi) is 7.92. The van der Waals surface area contributed by atoms with Crippen LogP contribution in [0.2, 0.25) is 0 Å². The van der Waals surface area contributed by atoms with Gasteiger partial charge in [0.2, 0.25) is 5.88 Å². The van der Waals surface area contributed by atoms with E-state index in [9.17, 15) is 27.6 Å². The molecule has 10 nitrogen and oxygen atoms in total. The maximum atomic E-state index is 12.4. The third-order valence-corrected chi connectivity index (χ3v) is 6.11. The van der Waals surface area contributed by atoms with Gasteiger partial charge < -0.3 is 13.9 Å². The first-order chi connectivity index (χ1) is 15.0. The van der Waals surface area contributed by atoms with Crippen molar-refractivity contribution >= 4 is 39.4 Å². The standard InChI is InChI=1S/C21H23NO9S/c1-5-29-21(26)18-17(12(3)23)13(4)31-19(18)22-16(24)11-30-20(25)14-9-7-8-10-15(14)32(27,28)6-2/h7-10H,5-6,11H2,1-4H3,(H,22,24). The molecule has 0 saturated carbocycles. The zero-order chi connectivity index (χ0) is 24.1. The Labute approximate surface area is 184 Å². The van der Waals surface area contributed by atoms with Crippen molar-refractivity contribution in [2.45, 2.75) is 32.6 Å². The van der Waals surface area contributed by atoms with Crippen LogP contribution in [-0.4, -0.2) is 51.0 Å². The predicted molar refractivity (Wildman–Crippen MR) is 112 cm³/mol. The van der Waals surface area contributed by atoms with Crippen LogP contribution in [0, 0.1) is 6.92 Å². The van der Waals surface area contributed by atoms with Crippen LogP contribution in [0.1, 0.15) is 57.6 Å². The Bertz CT molecular complexity index is 1160. The molecule has 1 N–H and O–H groups in total. The molecule has 0 atom stereocenters. The normalized spacial score (nSPS) is 11.0. The number of hydrogen-bond donors (Lipinski definition) is 1. The SMILES string of the molecule is CCOC(=O)c1c(NC(=O)COC(=O)c2ccccc2S(=O)(=O)CC)oc(C)c1C(C)=O. The van der Waals surface area contributed by atoms with Crippen LogP contribution in [0.3, 0.4) is 0 Å². The first kappa shape index (κ1) is 24.8. The van der Waals surface area contributed by atoms with Gasteiger partial charge in [0.25, 0.3) is 5.91 Å². The second kappa shape index (κ2) is 10.2. The summed E-state index contributed by atoms with van der Waals surface area (Å²) in [7, 11) is -3.69. The number of anilines is 1. The number of sulfone groups is 1. The fraction of sp³-hybridized carbons (Fsp3) is 0.333. The van der Waals surface area contributed by atoms with Crippen LogP contribution < -0.4 is 5.32 Å². The van der Waals surface area contributed by atoms with Gasteiger partial charge in [-0.15, -0.1) is 0 Å². The lowest BCUT2D eigenvalue weighted by molar-refractivity contribution is -0.119. The molecule has 32 heavy (non-hydrogen) atoms. The minimum atomic E-state index is -3.69. The maximum absolute atomic E-state index is 12.4. The second-order valence-corrected chi connectivity index (χ2v) is 8.78. The van der Waals surface area contributed by atoms with Gasteiger partial charge in [0, 0.05) is 0 Å². The number of rotatable bonds is 9. The zero-order valence-electron chi connectivity index (χ0n) is 18.0. The number of ether oxygens (including phenoxy) is 2. The minimum absolute atomic E-state index is 0.0329. The Balaban J connectivity index is 2.20. The minimum Gasteiger partial charge on any atom is -0.462 e. The average molecular weight is 465 g/mol. The van der Waals surface area contributed by atoms with Crippen molar-refractivity contribution in [1.29, 1.82) is 0 Å². The molecular weight excluding hydrogens is 442 g/mol. The number of carbonyl (C=O) groups excluding carboxylic acids is 4. The van der Waals surface area contributed by atoms with Crippen LogP contribution in [-0.2, 0) is 24.1 Å². The molecule has 0 saturated heterocycles. The summed E-state index contributed by atoms with van der Waals surface area (Å²) in [5.74, 6) is -3.64. The molecule has 2 rings (SSSR count). The van der Waals surface area contributed by atoms with E-state index in [1.54, 1.807) is 6.92 Å². The van der Waals surface area contributed by atoms with Crippen LogP contribution in [0.25, 0.3) is 0 Å². The van der Waals surface area contributed by atoms with Crippen LogP contribution in [0.4, 0.5) is 5.88 Å². The number of nitrogens with one attached hydrogen (secondary N) is 1. The maximum Gasteiger partial charge on any atom is 0.344 e. The van der Waals surface area contributed by atoms with E-state index in [-0.39, 0.29) is 45.6 Å².